The molecule has 2 heteroatoms. The Hall–Kier alpha value is 0.440. The van der Waals surface area contributed by atoms with Crippen LogP contribution in [0.1, 0.15) is 58.3 Å². The van der Waals surface area contributed by atoms with Crippen LogP contribution >= 0.6 is 25.3 Å². The van der Waals surface area contributed by atoms with Crippen molar-refractivity contribution < 1.29 is 0 Å². The van der Waals surface area contributed by atoms with Crippen molar-refractivity contribution in [3.63, 3.8) is 0 Å². The fourth-order valence-corrected chi connectivity index (χ4v) is 1.76. The van der Waals surface area contributed by atoms with Gasteiger partial charge in [-0.3, -0.25) is 0 Å². The van der Waals surface area contributed by atoms with Gasteiger partial charge in [-0.05, 0) is 6.42 Å². The third-order valence-corrected chi connectivity index (χ3v) is 3.29. The molecule has 0 N–H and O–H groups in total. The second-order valence-electron chi connectivity index (χ2n) is 3.95. The first kappa shape index (κ1) is 14.4. The Morgan fingerprint density at radius 3 is 2.00 bits per heavy atom. The predicted octanol–water partition coefficient (Wildman–Crippen LogP) is 4.87. The lowest BCUT2D eigenvalue weighted by Gasteiger charge is -2.16. The van der Waals surface area contributed by atoms with Crippen molar-refractivity contribution in [3.05, 3.63) is 12.7 Å². The van der Waals surface area contributed by atoms with Crippen molar-refractivity contribution in [3.8, 4) is 0 Å². The predicted molar refractivity (Wildman–Crippen MR) is 73.5 cm³/mol. The van der Waals surface area contributed by atoms with Gasteiger partial charge in [0, 0.05) is 0 Å². The zero-order valence-electron chi connectivity index (χ0n) is 9.34. The van der Waals surface area contributed by atoms with Crippen LogP contribution in [0.3, 0.4) is 0 Å². The molecule has 0 aliphatic carbocycles. The summed E-state index contributed by atoms with van der Waals surface area (Å²) in [6.07, 6.45) is 12.2. The maximum Gasteiger partial charge on any atom is 0.0730 e. The van der Waals surface area contributed by atoms with E-state index in [0.29, 0.717) is 0 Å². The highest BCUT2D eigenvalue weighted by Crippen LogP contribution is 2.27. The zero-order chi connectivity index (χ0) is 10.9. The minimum Gasteiger partial charge on any atom is -0.158 e. The summed E-state index contributed by atoms with van der Waals surface area (Å²) in [5.41, 5.74) is 0. The smallest absolute Gasteiger partial charge is 0.0730 e. The van der Waals surface area contributed by atoms with Gasteiger partial charge in [0.25, 0.3) is 0 Å². The number of hydrogen-bond donors (Lipinski definition) is 2. The summed E-state index contributed by atoms with van der Waals surface area (Å²) in [7, 11) is 0. The molecule has 0 bridgehead atoms. The van der Waals surface area contributed by atoms with Gasteiger partial charge in [-0.2, -0.15) is 25.3 Å². The monoisotopic (exact) mass is 232 g/mol. The highest BCUT2D eigenvalue weighted by Gasteiger charge is 2.13. The second kappa shape index (κ2) is 8.72. The maximum atomic E-state index is 4.39. The molecule has 0 aliphatic rings. The van der Waals surface area contributed by atoms with Gasteiger partial charge < -0.3 is 0 Å². The highest BCUT2D eigenvalue weighted by atomic mass is 32.2. The van der Waals surface area contributed by atoms with Crippen LogP contribution in [0.5, 0.6) is 0 Å². The summed E-state index contributed by atoms with van der Waals surface area (Å²) in [4.78, 5) is 0. The van der Waals surface area contributed by atoms with Crippen molar-refractivity contribution >= 4 is 25.3 Å². The molecule has 0 saturated heterocycles. The summed E-state index contributed by atoms with van der Waals surface area (Å²) in [6, 6.07) is 0. The molecule has 0 rings (SSSR count). The molecule has 0 nitrogen and oxygen atoms in total. The number of unbranched alkanes of at least 4 members (excludes halogenated alkanes) is 6. The lowest BCUT2D eigenvalue weighted by Crippen LogP contribution is -2.07. The molecule has 0 spiro atoms. The van der Waals surface area contributed by atoms with Gasteiger partial charge in [0.2, 0.25) is 0 Å². The van der Waals surface area contributed by atoms with E-state index < -0.39 is 0 Å². The van der Waals surface area contributed by atoms with Crippen LogP contribution in [0.2, 0.25) is 0 Å². The molecule has 0 radical (unpaired) electrons. The van der Waals surface area contributed by atoms with Crippen LogP contribution in [0.4, 0.5) is 0 Å². The third kappa shape index (κ3) is 9.01. The Balaban J connectivity index is 3.17. The molecule has 0 aromatic carbocycles. The molecule has 0 saturated carbocycles. The minimum absolute atomic E-state index is 0.260. The van der Waals surface area contributed by atoms with E-state index >= 15 is 0 Å². The maximum absolute atomic E-state index is 4.39. The Kier molecular flexibility index (Phi) is 9.00. The molecule has 0 amide bonds. The van der Waals surface area contributed by atoms with Gasteiger partial charge in [-0.1, -0.05) is 57.9 Å². The second-order valence-corrected chi connectivity index (χ2v) is 5.90. The van der Waals surface area contributed by atoms with Crippen molar-refractivity contribution in [2.45, 2.75) is 62.4 Å². The number of rotatable bonds is 9. The average molecular weight is 232 g/mol. The SMILES string of the molecule is C=CC(S)(S)CCCCCCCCC. The van der Waals surface area contributed by atoms with Crippen molar-refractivity contribution in [1.82, 2.24) is 0 Å². The summed E-state index contributed by atoms with van der Waals surface area (Å²) >= 11 is 8.78. The molecule has 0 aromatic rings. The van der Waals surface area contributed by atoms with Gasteiger partial charge in [-0.25, -0.2) is 0 Å². The van der Waals surface area contributed by atoms with Crippen LogP contribution in [-0.4, -0.2) is 4.08 Å². The Morgan fingerprint density at radius 2 is 1.50 bits per heavy atom. The molecule has 0 heterocycles. The fourth-order valence-electron chi connectivity index (χ4n) is 1.44. The Labute approximate surface area is 100 Å². The van der Waals surface area contributed by atoms with Crippen LogP contribution in [0.15, 0.2) is 12.7 Å². The molecule has 0 atom stereocenters. The van der Waals surface area contributed by atoms with E-state index in [9.17, 15) is 0 Å². The molecule has 84 valence electrons. The Bertz CT molecular complexity index is 141. The van der Waals surface area contributed by atoms with E-state index in [1.54, 1.807) is 0 Å². The van der Waals surface area contributed by atoms with E-state index in [2.05, 4.69) is 38.8 Å². The van der Waals surface area contributed by atoms with Crippen molar-refractivity contribution in [2.75, 3.05) is 0 Å². The largest absolute Gasteiger partial charge is 0.158 e. The summed E-state index contributed by atoms with van der Waals surface area (Å²) in [5.74, 6) is 0. The van der Waals surface area contributed by atoms with Crippen LogP contribution in [0, 0.1) is 0 Å². The van der Waals surface area contributed by atoms with E-state index in [1.807, 2.05) is 6.08 Å². The van der Waals surface area contributed by atoms with Crippen molar-refractivity contribution in [2.24, 2.45) is 0 Å². The highest BCUT2D eigenvalue weighted by molar-refractivity contribution is 8.00. The van der Waals surface area contributed by atoms with Crippen LogP contribution in [0.25, 0.3) is 0 Å². The standard InChI is InChI=1S/C12H24S2/c1-3-5-6-7-8-9-10-11-12(13,14)4-2/h4,13-14H,2-3,5-11H2,1H3. The average Bonchev–Trinajstić information content (AvgIpc) is 2.16. The first-order chi connectivity index (χ1) is 6.62. The summed E-state index contributed by atoms with van der Waals surface area (Å²) in [5, 5.41) is 0. The first-order valence-electron chi connectivity index (χ1n) is 5.70. The van der Waals surface area contributed by atoms with E-state index in [-0.39, 0.29) is 4.08 Å². The van der Waals surface area contributed by atoms with Gasteiger partial charge >= 0.3 is 0 Å². The van der Waals surface area contributed by atoms with Gasteiger partial charge in [0.15, 0.2) is 0 Å². The molecule has 0 fully saturated rings. The molecule has 0 aliphatic heterocycles. The van der Waals surface area contributed by atoms with Crippen molar-refractivity contribution in [1.29, 1.82) is 0 Å². The molecule has 0 aromatic heterocycles. The molecular weight excluding hydrogens is 208 g/mol. The Morgan fingerprint density at radius 1 is 1.00 bits per heavy atom. The lowest BCUT2D eigenvalue weighted by molar-refractivity contribution is 0.576. The topological polar surface area (TPSA) is 0 Å². The van der Waals surface area contributed by atoms with E-state index in [4.69, 9.17) is 0 Å². The minimum atomic E-state index is -0.260. The quantitative estimate of drug-likeness (QED) is 0.241. The van der Waals surface area contributed by atoms with Gasteiger partial charge in [-0.15, -0.1) is 6.58 Å². The van der Waals surface area contributed by atoms with Gasteiger partial charge in [0.1, 0.15) is 0 Å². The number of thiol groups is 2. The fraction of sp³-hybridized carbons (Fsp3) is 0.833. The zero-order valence-corrected chi connectivity index (χ0v) is 11.1. The van der Waals surface area contributed by atoms with Crippen LogP contribution < -0.4 is 0 Å². The van der Waals surface area contributed by atoms with Gasteiger partial charge in [0.05, 0.1) is 4.08 Å². The number of hydrogen-bond acceptors (Lipinski definition) is 2. The van der Waals surface area contributed by atoms with Crippen LogP contribution in [-0.2, 0) is 0 Å². The van der Waals surface area contributed by atoms with E-state index in [1.165, 1.54) is 44.9 Å². The summed E-state index contributed by atoms with van der Waals surface area (Å²) in [6.45, 7) is 5.97. The first-order valence-corrected chi connectivity index (χ1v) is 6.60. The normalized spacial score (nSPS) is 11.6. The lowest BCUT2D eigenvalue weighted by atomic mass is 10.1. The molecule has 14 heavy (non-hydrogen) atoms. The molecule has 0 unspecified atom stereocenters. The van der Waals surface area contributed by atoms with E-state index in [0.717, 1.165) is 6.42 Å². The molecular formula is C12H24S2. The summed E-state index contributed by atoms with van der Waals surface area (Å²) < 4.78 is -0.260. The third-order valence-electron chi connectivity index (χ3n) is 2.48.